The van der Waals surface area contributed by atoms with Gasteiger partial charge in [-0.3, -0.25) is 0 Å². The molecule has 0 aromatic heterocycles. The SMILES string of the molecule is CNC(Cc1cccc(F)c1Cl)C(C)(C)S(C)(=O)=O. The van der Waals surface area contributed by atoms with E-state index < -0.39 is 20.4 Å². The summed E-state index contributed by atoms with van der Waals surface area (Å²) in [7, 11) is -1.57. The molecule has 0 aliphatic heterocycles. The van der Waals surface area contributed by atoms with E-state index in [-0.39, 0.29) is 11.1 Å². The Labute approximate surface area is 119 Å². The van der Waals surface area contributed by atoms with Gasteiger partial charge in [0.25, 0.3) is 0 Å². The summed E-state index contributed by atoms with van der Waals surface area (Å²) in [5.74, 6) is -0.494. The van der Waals surface area contributed by atoms with Crippen molar-refractivity contribution >= 4 is 21.4 Å². The molecule has 0 heterocycles. The highest BCUT2D eigenvalue weighted by Gasteiger charge is 2.38. The second kappa shape index (κ2) is 5.77. The minimum Gasteiger partial charge on any atom is -0.315 e. The van der Waals surface area contributed by atoms with E-state index in [4.69, 9.17) is 11.6 Å². The summed E-state index contributed by atoms with van der Waals surface area (Å²) in [6, 6.07) is 4.19. The number of likely N-dealkylation sites (N-methyl/N-ethyl adjacent to an activating group) is 1. The molecule has 0 radical (unpaired) electrons. The molecule has 6 heteroatoms. The van der Waals surface area contributed by atoms with Crippen LogP contribution in [0.1, 0.15) is 19.4 Å². The number of sulfone groups is 1. The first-order valence-electron chi connectivity index (χ1n) is 5.91. The topological polar surface area (TPSA) is 46.2 Å². The first kappa shape index (κ1) is 16.4. The smallest absolute Gasteiger partial charge is 0.154 e. The molecule has 0 saturated heterocycles. The molecule has 1 atom stereocenters. The summed E-state index contributed by atoms with van der Waals surface area (Å²) in [6.07, 6.45) is 1.54. The maximum atomic E-state index is 13.4. The maximum Gasteiger partial charge on any atom is 0.154 e. The van der Waals surface area contributed by atoms with Crippen molar-refractivity contribution in [1.29, 1.82) is 0 Å². The highest BCUT2D eigenvalue weighted by atomic mass is 35.5. The molecule has 1 unspecified atom stereocenters. The van der Waals surface area contributed by atoms with E-state index in [1.807, 2.05) is 0 Å². The number of halogens is 2. The summed E-state index contributed by atoms with van der Waals surface area (Å²) in [5, 5.41) is 3.03. The molecule has 0 aliphatic carbocycles. The number of hydrogen-bond donors (Lipinski definition) is 1. The Kier molecular flexibility index (Phi) is 4.98. The summed E-state index contributed by atoms with van der Waals surface area (Å²) in [5.41, 5.74) is 0.595. The second-order valence-corrected chi connectivity index (χ2v) is 8.11. The average molecular weight is 308 g/mol. The van der Waals surface area contributed by atoms with Crippen LogP contribution >= 0.6 is 11.6 Å². The molecule has 0 aliphatic rings. The molecule has 1 rings (SSSR count). The van der Waals surface area contributed by atoms with Gasteiger partial charge in [0.2, 0.25) is 0 Å². The van der Waals surface area contributed by atoms with E-state index in [1.54, 1.807) is 33.0 Å². The number of benzene rings is 1. The van der Waals surface area contributed by atoms with Gasteiger partial charge in [-0.05, 0) is 38.9 Å². The first-order chi connectivity index (χ1) is 8.61. The van der Waals surface area contributed by atoms with E-state index in [1.165, 1.54) is 12.3 Å². The van der Waals surface area contributed by atoms with Gasteiger partial charge < -0.3 is 5.32 Å². The van der Waals surface area contributed by atoms with Crippen molar-refractivity contribution in [3.05, 3.63) is 34.6 Å². The van der Waals surface area contributed by atoms with E-state index in [9.17, 15) is 12.8 Å². The molecule has 19 heavy (non-hydrogen) atoms. The average Bonchev–Trinajstić information content (AvgIpc) is 2.29. The Morgan fingerprint density at radius 1 is 1.42 bits per heavy atom. The Balaban J connectivity index is 3.11. The van der Waals surface area contributed by atoms with Gasteiger partial charge in [-0.1, -0.05) is 23.7 Å². The zero-order valence-corrected chi connectivity index (χ0v) is 13.1. The molecule has 1 aromatic carbocycles. The summed E-state index contributed by atoms with van der Waals surface area (Å²) >= 11 is 5.91. The van der Waals surface area contributed by atoms with Gasteiger partial charge in [0.05, 0.1) is 9.77 Å². The normalized spacial score (nSPS) is 14.4. The molecule has 0 amide bonds. The van der Waals surface area contributed by atoms with Crippen molar-refractivity contribution < 1.29 is 12.8 Å². The molecule has 0 saturated carbocycles. The number of hydrogen-bond acceptors (Lipinski definition) is 3. The zero-order chi connectivity index (χ0) is 14.8. The lowest BCUT2D eigenvalue weighted by Crippen LogP contribution is -2.51. The van der Waals surface area contributed by atoms with Crippen LogP contribution in [0.3, 0.4) is 0 Å². The number of nitrogens with one attached hydrogen (secondary N) is 1. The summed E-state index contributed by atoms with van der Waals surface area (Å²) < 4.78 is 36.1. The van der Waals surface area contributed by atoms with Crippen LogP contribution in [0.4, 0.5) is 4.39 Å². The third-order valence-corrected chi connectivity index (χ3v) is 6.22. The van der Waals surface area contributed by atoms with Crippen LogP contribution in [-0.4, -0.2) is 32.5 Å². The minimum atomic E-state index is -3.26. The van der Waals surface area contributed by atoms with Gasteiger partial charge in [0.1, 0.15) is 5.82 Å². The third kappa shape index (κ3) is 3.46. The molecule has 0 fully saturated rings. The van der Waals surface area contributed by atoms with Gasteiger partial charge in [-0.15, -0.1) is 0 Å². The first-order valence-corrected chi connectivity index (χ1v) is 8.18. The van der Waals surface area contributed by atoms with E-state index >= 15 is 0 Å². The molecule has 1 aromatic rings. The molecule has 3 nitrogen and oxygen atoms in total. The molecule has 108 valence electrons. The van der Waals surface area contributed by atoms with Gasteiger partial charge in [0, 0.05) is 12.3 Å². The monoisotopic (exact) mass is 307 g/mol. The lowest BCUT2D eigenvalue weighted by Gasteiger charge is -2.32. The molecule has 1 N–H and O–H groups in total. The van der Waals surface area contributed by atoms with Crippen molar-refractivity contribution in [3.8, 4) is 0 Å². The lowest BCUT2D eigenvalue weighted by atomic mass is 9.95. The second-order valence-electron chi connectivity index (χ2n) is 5.13. The fourth-order valence-corrected chi connectivity index (χ4v) is 2.80. The fraction of sp³-hybridized carbons (Fsp3) is 0.538. The largest absolute Gasteiger partial charge is 0.315 e. The number of rotatable bonds is 5. The predicted molar refractivity (Wildman–Crippen MR) is 76.9 cm³/mol. The molecular weight excluding hydrogens is 289 g/mol. The zero-order valence-electron chi connectivity index (χ0n) is 11.5. The van der Waals surface area contributed by atoms with Crippen LogP contribution < -0.4 is 5.32 Å². The van der Waals surface area contributed by atoms with Gasteiger partial charge in [-0.25, -0.2) is 12.8 Å². The van der Waals surface area contributed by atoms with Crippen LogP contribution in [0.15, 0.2) is 18.2 Å². The van der Waals surface area contributed by atoms with Crippen LogP contribution in [-0.2, 0) is 16.3 Å². The Morgan fingerprint density at radius 3 is 2.47 bits per heavy atom. The standard InChI is InChI=1S/C13H19ClFNO2S/c1-13(2,19(4,17)18)11(16-3)8-9-6-5-7-10(15)12(9)14/h5-7,11,16H,8H2,1-4H3. The summed E-state index contributed by atoms with van der Waals surface area (Å²) in [6.45, 7) is 3.30. The van der Waals surface area contributed by atoms with Crippen molar-refractivity contribution in [2.24, 2.45) is 0 Å². The third-order valence-electron chi connectivity index (χ3n) is 3.60. The Hall–Kier alpha value is -0.650. The lowest BCUT2D eigenvalue weighted by molar-refractivity contribution is 0.430. The van der Waals surface area contributed by atoms with Gasteiger partial charge >= 0.3 is 0 Å². The van der Waals surface area contributed by atoms with Crippen molar-refractivity contribution in [2.75, 3.05) is 13.3 Å². The predicted octanol–water partition coefficient (Wildman–Crippen LogP) is 2.43. The van der Waals surface area contributed by atoms with Crippen molar-refractivity contribution in [1.82, 2.24) is 5.32 Å². The van der Waals surface area contributed by atoms with E-state index in [2.05, 4.69) is 5.32 Å². The van der Waals surface area contributed by atoms with Crippen molar-refractivity contribution in [3.63, 3.8) is 0 Å². The molecule has 0 spiro atoms. The fourth-order valence-electron chi connectivity index (χ4n) is 1.88. The quantitative estimate of drug-likeness (QED) is 0.909. The summed E-state index contributed by atoms with van der Waals surface area (Å²) in [4.78, 5) is 0. The van der Waals surface area contributed by atoms with Crippen LogP contribution in [0, 0.1) is 5.82 Å². The van der Waals surface area contributed by atoms with E-state index in [0.717, 1.165) is 0 Å². The molecular formula is C13H19ClFNO2S. The molecule has 0 bridgehead atoms. The highest BCUT2D eigenvalue weighted by Crippen LogP contribution is 2.27. The van der Waals surface area contributed by atoms with Gasteiger partial charge in [0.15, 0.2) is 9.84 Å². The highest BCUT2D eigenvalue weighted by molar-refractivity contribution is 7.92. The Morgan fingerprint density at radius 2 is 2.00 bits per heavy atom. The Bertz CT molecular complexity index is 558. The maximum absolute atomic E-state index is 13.4. The van der Waals surface area contributed by atoms with Crippen molar-refractivity contribution in [2.45, 2.75) is 31.1 Å². The minimum absolute atomic E-state index is 0.0482. The van der Waals surface area contributed by atoms with Crippen LogP contribution in [0.25, 0.3) is 0 Å². The van der Waals surface area contributed by atoms with Crippen LogP contribution in [0.5, 0.6) is 0 Å². The van der Waals surface area contributed by atoms with Gasteiger partial charge in [-0.2, -0.15) is 0 Å². The van der Waals surface area contributed by atoms with E-state index in [0.29, 0.717) is 12.0 Å². The van der Waals surface area contributed by atoms with Crippen LogP contribution in [0.2, 0.25) is 5.02 Å².